The Labute approximate surface area is 141 Å². The first kappa shape index (κ1) is 17.5. The van der Waals surface area contributed by atoms with Crippen molar-refractivity contribution in [2.75, 3.05) is 6.61 Å². The predicted molar refractivity (Wildman–Crippen MR) is 92.1 cm³/mol. The lowest BCUT2D eigenvalue weighted by atomic mass is 10.3. The van der Waals surface area contributed by atoms with E-state index in [1.807, 2.05) is 24.3 Å². The van der Waals surface area contributed by atoms with E-state index in [0.717, 1.165) is 19.3 Å². The zero-order valence-corrected chi connectivity index (χ0v) is 13.7. The fraction of sp³-hybridized carbons (Fsp3) is 0.263. The van der Waals surface area contributed by atoms with Gasteiger partial charge in [-0.15, -0.1) is 0 Å². The molecule has 0 amide bonds. The number of oxime groups is 1. The lowest BCUT2D eigenvalue weighted by molar-refractivity contribution is -0.137. The SMILES string of the molecule is CCCCCOC(=O)C(=NOc1ccccc1)Oc1ccccc1. The van der Waals surface area contributed by atoms with E-state index in [4.69, 9.17) is 14.3 Å². The summed E-state index contributed by atoms with van der Waals surface area (Å²) in [7, 11) is 0. The number of hydrogen-bond donors (Lipinski definition) is 0. The van der Waals surface area contributed by atoms with E-state index in [9.17, 15) is 4.79 Å². The highest BCUT2D eigenvalue weighted by molar-refractivity contribution is 6.33. The van der Waals surface area contributed by atoms with Gasteiger partial charge in [0.2, 0.25) is 0 Å². The minimum Gasteiger partial charge on any atom is -0.459 e. The van der Waals surface area contributed by atoms with Crippen molar-refractivity contribution in [1.82, 2.24) is 0 Å². The Kier molecular flexibility index (Phi) is 7.34. The highest BCUT2D eigenvalue weighted by atomic mass is 16.7. The summed E-state index contributed by atoms with van der Waals surface area (Å²) in [6, 6.07) is 17.9. The number of carbonyl (C=O) groups excluding carboxylic acids is 1. The van der Waals surface area contributed by atoms with E-state index in [1.54, 1.807) is 36.4 Å². The van der Waals surface area contributed by atoms with Gasteiger partial charge in [0.1, 0.15) is 5.75 Å². The molecule has 0 atom stereocenters. The van der Waals surface area contributed by atoms with Gasteiger partial charge in [-0.1, -0.05) is 56.2 Å². The molecule has 0 saturated heterocycles. The molecule has 0 saturated carbocycles. The molecule has 0 spiro atoms. The number of benzene rings is 2. The zero-order valence-electron chi connectivity index (χ0n) is 13.7. The normalized spacial score (nSPS) is 11.0. The molecule has 2 rings (SSSR count). The van der Waals surface area contributed by atoms with E-state index < -0.39 is 5.97 Å². The number of hydrogen-bond acceptors (Lipinski definition) is 5. The molecule has 0 N–H and O–H groups in total. The molecule has 0 unspecified atom stereocenters. The van der Waals surface area contributed by atoms with Crippen molar-refractivity contribution in [2.45, 2.75) is 26.2 Å². The second kappa shape index (κ2) is 10.0. The highest BCUT2D eigenvalue weighted by Gasteiger charge is 2.17. The molecule has 126 valence electrons. The third-order valence-electron chi connectivity index (χ3n) is 3.09. The Bertz CT molecular complexity index is 641. The number of carbonyl (C=O) groups is 1. The molecule has 0 fully saturated rings. The monoisotopic (exact) mass is 327 g/mol. The number of unbranched alkanes of at least 4 members (excludes halogenated alkanes) is 2. The summed E-state index contributed by atoms with van der Waals surface area (Å²) in [4.78, 5) is 17.4. The van der Waals surface area contributed by atoms with Gasteiger partial charge in [0.25, 0.3) is 0 Å². The molecular weight excluding hydrogens is 306 g/mol. The minimum absolute atomic E-state index is 0.235. The number of nitrogens with zero attached hydrogens (tertiary/aromatic N) is 1. The first-order valence-electron chi connectivity index (χ1n) is 7.99. The summed E-state index contributed by atoms with van der Waals surface area (Å²) in [5, 5.41) is 3.81. The van der Waals surface area contributed by atoms with E-state index in [-0.39, 0.29) is 5.90 Å². The molecule has 5 nitrogen and oxygen atoms in total. The van der Waals surface area contributed by atoms with Crippen molar-refractivity contribution in [2.24, 2.45) is 5.16 Å². The summed E-state index contributed by atoms with van der Waals surface area (Å²) in [6.45, 7) is 2.41. The van der Waals surface area contributed by atoms with Gasteiger partial charge in [-0.3, -0.25) is 0 Å². The molecule has 5 heteroatoms. The molecule has 24 heavy (non-hydrogen) atoms. The van der Waals surface area contributed by atoms with Crippen LogP contribution in [-0.4, -0.2) is 18.5 Å². The standard InChI is InChI=1S/C19H21NO4/c1-2-3-10-15-22-19(21)18(23-16-11-6-4-7-12-16)20-24-17-13-8-5-9-14-17/h4-9,11-14H,2-3,10,15H2,1H3. The molecule has 0 aliphatic rings. The van der Waals surface area contributed by atoms with E-state index in [2.05, 4.69) is 12.1 Å². The number of rotatable bonds is 7. The summed E-state index contributed by atoms with van der Waals surface area (Å²) in [6.07, 6.45) is 2.86. The van der Waals surface area contributed by atoms with Crippen LogP contribution in [0.2, 0.25) is 0 Å². The molecule has 0 aliphatic carbocycles. The van der Waals surface area contributed by atoms with Gasteiger partial charge >= 0.3 is 11.9 Å². The van der Waals surface area contributed by atoms with Crippen molar-refractivity contribution in [3.05, 3.63) is 60.7 Å². The Morgan fingerprint density at radius 3 is 2.17 bits per heavy atom. The second-order valence-electron chi connectivity index (χ2n) is 5.06. The van der Waals surface area contributed by atoms with Gasteiger partial charge in [0, 0.05) is 0 Å². The van der Waals surface area contributed by atoms with Crippen LogP contribution in [-0.2, 0) is 9.53 Å². The quantitative estimate of drug-likeness (QED) is 0.251. The van der Waals surface area contributed by atoms with Crippen LogP contribution in [0, 0.1) is 0 Å². The summed E-state index contributed by atoms with van der Waals surface area (Å²) >= 11 is 0. The Hall–Kier alpha value is -2.82. The van der Waals surface area contributed by atoms with Crippen molar-refractivity contribution < 1.29 is 19.1 Å². The second-order valence-corrected chi connectivity index (χ2v) is 5.06. The molecule has 0 heterocycles. The van der Waals surface area contributed by atoms with Crippen LogP contribution in [0.1, 0.15) is 26.2 Å². The van der Waals surface area contributed by atoms with E-state index in [1.165, 1.54) is 0 Å². The van der Waals surface area contributed by atoms with Crippen LogP contribution >= 0.6 is 0 Å². The van der Waals surface area contributed by atoms with Crippen molar-refractivity contribution >= 4 is 11.9 Å². The average Bonchev–Trinajstić information content (AvgIpc) is 2.64. The lowest BCUT2D eigenvalue weighted by Crippen LogP contribution is -2.24. The fourth-order valence-corrected chi connectivity index (χ4v) is 1.85. The average molecular weight is 327 g/mol. The number of para-hydroxylation sites is 2. The number of esters is 1. The van der Waals surface area contributed by atoms with Crippen LogP contribution in [0.5, 0.6) is 11.5 Å². The topological polar surface area (TPSA) is 57.1 Å². The Morgan fingerprint density at radius 2 is 1.54 bits per heavy atom. The largest absolute Gasteiger partial charge is 0.459 e. The molecule has 0 bridgehead atoms. The maximum atomic E-state index is 12.2. The molecule has 0 radical (unpaired) electrons. The smallest absolute Gasteiger partial charge is 0.397 e. The van der Waals surface area contributed by atoms with E-state index in [0.29, 0.717) is 18.1 Å². The third kappa shape index (κ3) is 6.12. The molecule has 0 aliphatic heterocycles. The van der Waals surface area contributed by atoms with Crippen LogP contribution in [0.3, 0.4) is 0 Å². The third-order valence-corrected chi connectivity index (χ3v) is 3.09. The van der Waals surface area contributed by atoms with Gasteiger partial charge in [0.05, 0.1) is 6.61 Å². The molecular formula is C19H21NO4. The maximum Gasteiger partial charge on any atom is 0.397 e. The lowest BCUT2D eigenvalue weighted by Gasteiger charge is -2.08. The van der Waals surface area contributed by atoms with Gasteiger partial charge < -0.3 is 14.3 Å². The number of ether oxygens (including phenoxy) is 2. The van der Waals surface area contributed by atoms with Crippen LogP contribution in [0.15, 0.2) is 65.8 Å². The minimum atomic E-state index is -0.647. The maximum absolute atomic E-state index is 12.2. The Balaban J connectivity index is 2.04. The highest BCUT2D eigenvalue weighted by Crippen LogP contribution is 2.12. The fourth-order valence-electron chi connectivity index (χ4n) is 1.85. The summed E-state index contributed by atoms with van der Waals surface area (Å²) < 4.78 is 10.7. The summed E-state index contributed by atoms with van der Waals surface area (Å²) in [5.74, 6) is 0.108. The van der Waals surface area contributed by atoms with Crippen LogP contribution in [0.25, 0.3) is 0 Å². The van der Waals surface area contributed by atoms with Crippen LogP contribution in [0.4, 0.5) is 0 Å². The van der Waals surface area contributed by atoms with Gasteiger partial charge in [0.15, 0.2) is 5.75 Å². The predicted octanol–water partition coefficient (Wildman–Crippen LogP) is 4.19. The van der Waals surface area contributed by atoms with Crippen LogP contribution < -0.4 is 9.57 Å². The Morgan fingerprint density at radius 1 is 0.917 bits per heavy atom. The van der Waals surface area contributed by atoms with Gasteiger partial charge in [-0.25, -0.2) is 4.79 Å². The van der Waals surface area contributed by atoms with Crippen molar-refractivity contribution in [3.8, 4) is 11.5 Å². The zero-order chi connectivity index (χ0) is 17.0. The van der Waals surface area contributed by atoms with Crippen molar-refractivity contribution in [1.29, 1.82) is 0 Å². The first-order valence-corrected chi connectivity index (χ1v) is 7.99. The van der Waals surface area contributed by atoms with Gasteiger partial charge in [-0.05, 0) is 35.8 Å². The molecule has 2 aromatic carbocycles. The van der Waals surface area contributed by atoms with Crippen molar-refractivity contribution in [3.63, 3.8) is 0 Å². The first-order chi connectivity index (χ1) is 11.8. The molecule has 2 aromatic rings. The molecule has 0 aromatic heterocycles. The van der Waals surface area contributed by atoms with E-state index >= 15 is 0 Å². The van der Waals surface area contributed by atoms with Gasteiger partial charge in [-0.2, -0.15) is 0 Å². The summed E-state index contributed by atoms with van der Waals surface area (Å²) in [5.41, 5.74) is 0.